The van der Waals surface area contributed by atoms with Gasteiger partial charge in [0.05, 0.1) is 6.54 Å². The molecule has 5 heteroatoms. The van der Waals surface area contributed by atoms with Crippen LogP contribution in [0.4, 0.5) is 0 Å². The van der Waals surface area contributed by atoms with Gasteiger partial charge in [0.2, 0.25) is 6.33 Å². The lowest BCUT2D eigenvalue weighted by Crippen LogP contribution is -3.00. The minimum atomic E-state index is 0. The van der Waals surface area contributed by atoms with Crippen molar-refractivity contribution >= 4 is 6.15 Å². The highest BCUT2D eigenvalue weighted by Crippen LogP contribution is 2.09. The van der Waals surface area contributed by atoms with Crippen molar-refractivity contribution in [3.8, 4) is 5.69 Å². The van der Waals surface area contributed by atoms with Crippen LogP contribution in [0.15, 0.2) is 43.0 Å². The molecule has 0 aliphatic rings. The van der Waals surface area contributed by atoms with Gasteiger partial charge in [-0.3, -0.25) is 0 Å². The van der Waals surface area contributed by atoms with Gasteiger partial charge in [0.15, 0.2) is 0 Å². The van der Waals surface area contributed by atoms with E-state index < -0.39 is 0 Å². The third-order valence-electron chi connectivity index (χ3n) is 3.85. The molecule has 0 atom stereocenters. The van der Waals surface area contributed by atoms with Gasteiger partial charge in [-0.25, -0.2) is 9.13 Å². The van der Waals surface area contributed by atoms with Gasteiger partial charge in [-0.15, -0.1) is 0 Å². The van der Waals surface area contributed by atoms with Gasteiger partial charge in [-0.1, -0.05) is 45.2 Å². The highest BCUT2D eigenvalue weighted by molar-refractivity contribution is 5.34. The molecule has 0 N–H and O–H groups in total. The molecule has 0 spiro atoms. The van der Waals surface area contributed by atoms with Gasteiger partial charge < -0.3 is 17.0 Å². The van der Waals surface area contributed by atoms with Crippen molar-refractivity contribution in [2.75, 3.05) is 0 Å². The maximum Gasteiger partial charge on any atom is 0.373 e. The Morgan fingerprint density at radius 3 is 2.21 bits per heavy atom. The number of benzene rings is 1. The number of aryl methyl sites for hydroxylation is 2. The van der Waals surface area contributed by atoms with Gasteiger partial charge in [0.1, 0.15) is 18.1 Å². The molecule has 2 rings (SSSR count). The van der Waals surface area contributed by atoms with Crippen molar-refractivity contribution in [1.29, 1.82) is 0 Å². The molecule has 0 aliphatic heterocycles. The van der Waals surface area contributed by atoms with Gasteiger partial charge in [-0.05, 0) is 37.0 Å². The van der Waals surface area contributed by atoms with E-state index >= 15 is 0 Å². The van der Waals surface area contributed by atoms with Crippen molar-refractivity contribution < 1.29 is 31.1 Å². The summed E-state index contributed by atoms with van der Waals surface area (Å²) in [6.07, 6.45) is 14.6. The fourth-order valence-electron chi connectivity index (χ4n) is 2.48. The number of hydrogen-bond donors (Lipinski definition) is 0. The molecule has 0 aliphatic carbocycles. The first-order chi connectivity index (χ1) is 11.2. The SMILES string of the molecule is CCCCCCC[n+]1ccn(-c2ccc(CC)cc2)c1.O=C=O.[Br-]. The highest BCUT2D eigenvalue weighted by Gasteiger charge is 2.06. The Morgan fingerprint density at radius 2 is 1.62 bits per heavy atom. The summed E-state index contributed by atoms with van der Waals surface area (Å²) in [5.41, 5.74) is 2.64. The van der Waals surface area contributed by atoms with E-state index in [1.165, 1.54) is 43.4 Å². The summed E-state index contributed by atoms with van der Waals surface area (Å²) in [6, 6.07) is 8.82. The summed E-state index contributed by atoms with van der Waals surface area (Å²) in [5.74, 6) is 0. The van der Waals surface area contributed by atoms with E-state index in [0.29, 0.717) is 0 Å². The smallest absolute Gasteiger partial charge is 0.373 e. The molecule has 0 bridgehead atoms. The summed E-state index contributed by atoms with van der Waals surface area (Å²) in [7, 11) is 0. The Labute approximate surface area is 155 Å². The lowest BCUT2D eigenvalue weighted by molar-refractivity contribution is -0.696. The second-order valence-corrected chi connectivity index (χ2v) is 5.58. The van der Waals surface area contributed by atoms with E-state index in [0.717, 1.165) is 13.0 Å². The van der Waals surface area contributed by atoms with E-state index in [1.807, 2.05) is 0 Å². The van der Waals surface area contributed by atoms with E-state index in [2.05, 4.69) is 66.0 Å². The Morgan fingerprint density at radius 1 is 1.00 bits per heavy atom. The fourth-order valence-corrected chi connectivity index (χ4v) is 2.48. The van der Waals surface area contributed by atoms with Crippen molar-refractivity contribution in [3.05, 3.63) is 48.5 Å². The van der Waals surface area contributed by atoms with Crippen LogP contribution in [0.1, 0.15) is 51.5 Å². The molecular formula is C19H27BrN2O2. The average Bonchev–Trinajstić information content (AvgIpc) is 3.04. The van der Waals surface area contributed by atoms with Crippen molar-refractivity contribution in [2.45, 2.75) is 58.9 Å². The lowest BCUT2D eigenvalue weighted by atomic mass is 10.1. The Kier molecular flexibility index (Phi) is 12.7. The highest BCUT2D eigenvalue weighted by atomic mass is 79.9. The minimum Gasteiger partial charge on any atom is -1.00 e. The van der Waals surface area contributed by atoms with Crippen LogP contribution in [-0.4, -0.2) is 10.7 Å². The van der Waals surface area contributed by atoms with E-state index in [1.54, 1.807) is 0 Å². The van der Waals surface area contributed by atoms with Crippen molar-refractivity contribution in [3.63, 3.8) is 0 Å². The molecule has 0 radical (unpaired) electrons. The maximum absolute atomic E-state index is 8.12. The van der Waals surface area contributed by atoms with Crippen LogP contribution in [0.25, 0.3) is 5.69 Å². The first-order valence-corrected chi connectivity index (χ1v) is 8.40. The van der Waals surface area contributed by atoms with Crippen molar-refractivity contribution in [2.24, 2.45) is 0 Å². The topological polar surface area (TPSA) is 43.0 Å². The number of unbranched alkanes of at least 4 members (excludes halogenated alkanes) is 4. The molecule has 132 valence electrons. The fraction of sp³-hybridized carbons (Fsp3) is 0.474. The average molecular weight is 395 g/mol. The Balaban J connectivity index is 0.00000123. The molecule has 0 amide bonds. The van der Waals surface area contributed by atoms with Crippen LogP contribution in [-0.2, 0) is 22.6 Å². The van der Waals surface area contributed by atoms with Crippen LogP contribution >= 0.6 is 0 Å². The third-order valence-corrected chi connectivity index (χ3v) is 3.85. The lowest BCUT2D eigenvalue weighted by Gasteiger charge is -1.99. The predicted octanol–water partition coefficient (Wildman–Crippen LogP) is 0.718. The largest absolute Gasteiger partial charge is 1.00 e. The Hall–Kier alpha value is -1.71. The zero-order valence-electron chi connectivity index (χ0n) is 14.6. The molecule has 1 aromatic heterocycles. The molecule has 1 heterocycles. The van der Waals surface area contributed by atoms with Crippen LogP contribution in [0.3, 0.4) is 0 Å². The molecule has 1 aromatic carbocycles. The third kappa shape index (κ3) is 8.23. The second kappa shape index (κ2) is 13.7. The molecule has 2 aromatic rings. The first-order valence-electron chi connectivity index (χ1n) is 8.40. The predicted molar refractivity (Wildman–Crippen MR) is 89.1 cm³/mol. The van der Waals surface area contributed by atoms with E-state index in [-0.39, 0.29) is 23.1 Å². The molecule has 0 unspecified atom stereocenters. The number of carbonyl (C=O) groups excluding carboxylic acids is 2. The van der Waals surface area contributed by atoms with Gasteiger partial charge in [-0.2, -0.15) is 9.59 Å². The zero-order valence-corrected chi connectivity index (χ0v) is 16.2. The summed E-state index contributed by atoms with van der Waals surface area (Å²) in [5, 5.41) is 0. The van der Waals surface area contributed by atoms with E-state index in [9.17, 15) is 0 Å². The number of rotatable bonds is 8. The van der Waals surface area contributed by atoms with Crippen LogP contribution in [0.2, 0.25) is 0 Å². The van der Waals surface area contributed by atoms with Crippen LogP contribution < -0.4 is 21.5 Å². The van der Waals surface area contributed by atoms with Gasteiger partial charge >= 0.3 is 6.15 Å². The van der Waals surface area contributed by atoms with Crippen LogP contribution in [0, 0.1) is 0 Å². The summed E-state index contributed by atoms with van der Waals surface area (Å²) in [4.78, 5) is 16.2. The normalized spacial score (nSPS) is 9.42. The standard InChI is InChI=1S/C18H27N2.CO2.BrH/c1-3-5-6-7-8-13-19-14-15-20(16-19)18-11-9-17(4-2)10-12-18;2-1-3;/h9-12,14-16H,3-8,13H2,1-2H3;;1H/q+1;;/p-1. The minimum absolute atomic E-state index is 0. The molecule has 24 heavy (non-hydrogen) atoms. The maximum atomic E-state index is 8.12. The van der Waals surface area contributed by atoms with Gasteiger partial charge in [0, 0.05) is 0 Å². The number of halogens is 1. The number of imidazole rings is 1. The first kappa shape index (κ1) is 22.3. The second-order valence-electron chi connectivity index (χ2n) is 5.58. The summed E-state index contributed by atoms with van der Waals surface area (Å²) in [6.45, 7) is 5.58. The van der Waals surface area contributed by atoms with Crippen molar-refractivity contribution in [1.82, 2.24) is 4.57 Å². The molecule has 0 fully saturated rings. The molecule has 0 saturated carbocycles. The van der Waals surface area contributed by atoms with E-state index in [4.69, 9.17) is 9.59 Å². The van der Waals surface area contributed by atoms with Crippen LogP contribution in [0.5, 0.6) is 0 Å². The molecule has 0 saturated heterocycles. The summed E-state index contributed by atoms with van der Waals surface area (Å²) < 4.78 is 4.49. The monoisotopic (exact) mass is 394 g/mol. The number of nitrogens with zero attached hydrogens (tertiary/aromatic N) is 2. The molecule has 4 nitrogen and oxygen atoms in total. The number of aromatic nitrogens is 2. The number of hydrogen-bond acceptors (Lipinski definition) is 2. The van der Waals surface area contributed by atoms with Gasteiger partial charge in [0.25, 0.3) is 0 Å². The quantitative estimate of drug-likeness (QED) is 0.488. The molecular weight excluding hydrogens is 368 g/mol. The Bertz CT molecular complexity index is 588. The zero-order chi connectivity index (χ0) is 16.9. The summed E-state index contributed by atoms with van der Waals surface area (Å²) >= 11 is 0.